The van der Waals surface area contributed by atoms with E-state index in [9.17, 15) is 4.79 Å². The third-order valence-electron chi connectivity index (χ3n) is 1.56. The minimum Gasteiger partial charge on any atom is -0.396 e. The van der Waals surface area contributed by atoms with Gasteiger partial charge in [0.1, 0.15) is 0 Å². The summed E-state index contributed by atoms with van der Waals surface area (Å²) in [4.78, 5) is 14.7. The van der Waals surface area contributed by atoms with Crippen LogP contribution in [0.3, 0.4) is 0 Å². The van der Waals surface area contributed by atoms with Gasteiger partial charge in [-0.25, -0.2) is 0 Å². The van der Waals surface area contributed by atoms with E-state index in [1.54, 1.807) is 0 Å². The lowest BCUT2D eigenvalue weighted by Gasteiger charge is -2.03. The normalized spacial score (nSPS) is 9.73. The molecule has 1 aromatic carbocycles. The van der Waals surface area contributed by atoms with E-state index in [1.165, 1.54) is 12.1 Å². The quantitative estimate of drug-likeness (QED) is 0.390. The largest absolute Gasteiger partial charge is 0.396 e. The molecular weight excluding hydrogens is 239 g/mol. The number of hydrogen-bond acceptors (Lipinski definition) is 2. The molecule has 0 saturated carbocycles. The molecular formula is C8H8Cl2N4O. The van der Waals surface area contributed by atoms with E-state index in [0.717, 1.165) is 0 Å². The number of nitrogen functional groups attached to an aromatic ring is 1. The Labute approximate surface area is 95.8 Å². The molecule has 0 fully saturated rings. The predicted octanol–water partition coefficient (Wildman–Crippen LogP) is 0.989. The summed E-state index contributed by atoms with van der Waals surface area (Å²) in [6.45, 7) is 0. The summed E-state index contributed by atoms with van der Waals surface area (Å²) in [5, 5.41) is 0.355. The molecule has 0 spiro atoms. The fraction of sp³-hybridized carbons (Fsp3) is 0. The minimum atomic E-state index is -0.626. The zero-order valence-corrected chi connectivity index (χ0v) is 9.01. The summed E-state index contributed by atoms with van der Waals surface area (Å²) >= 11 is 11.5. The van der Waals surface area contributed by atoms with Crippen LogP contribution in [0.15, 0.2) is 17.1 Å². The number of nitrogens with two attached hydrogens (primary N) is 3. The number of anilines is 1. The molecule has 0 heterocycles. The van der Waals surface area contributed by atoms with Crippen LogP contribution in [0.2, 0.25) is 10.0 Å². The Morgan fingerprint density at radius 2 is 1.67 bits per heavy atom. The lowest BCUT2D eigenvalue weighted by molar-refractivity contribution is 0.100. The van der Waals surface area contributed by atoms with Crippen molar-refractivity contribution in [3.05, 3.63) is 27.7 Å². The number of benzene rings is 1. The molecule has 80 valence electrons. The molecule has 7 heteroatoms. The Kier molecular flexibility index (Phi) is 3.39. The smallest absolute Gasteiger partial charge is 0.280 e. The van der Waals surface area contributed by atoms with Gasteiger partial charge in [-0.15, -0.1) is 0 Å². The van der Waals surface area contributed by atoms with E-state index >= 15 is 0 Å². The summed E-state index contributed by atoms with van der Waals surface area (Å²) in [5.74, 6) is -0.956. The van der Waals surface area contributed by atoms with Crippen LogP contribution in [0.25, 0.3) is 0 Å². The molecule has 0 aliphatic carbocycles. The van der Waals surface area contributed by atoms with Crippen LogP contribution in [0.1, 0.15) is 10.4 Å². The van der Waals surface area contributed by atoms with Crippen molar-refractivity contribution in [1.29, 1.82) is 0 Å². The number of aliphatic imine (C=N–C) groups is 1. The zero-order chi connectivity index (χ0) is 11.6. The van der Waals surface area contributed by atoms with Crippen molar-refractivity contribution >= 4 is 40.8 Å². The highest BCUT2D eigenvalue weighted by atomic mass is 35.5. The Hall–Kier alpha value is -1.46. The van der Waals surface area contributed by atoms with E-state index in [-0.39, 0.29) is 27.3 Å². The number of nitrogens with zero attached hydrogens (tertiary/aromatic N) is 1. The maximum atomic E-state index is 11.4. The monoisotopic (exact) mass is 246 g/mol. The maximum Gasteiger partial charge on any atom is 0.280 e. The topological polar surface area (TPSA) is 107 Å². The van der Waals surface area contributed by atoms with E-state index in [1.807, 2.05) is 0 Å². The highest BCUT2D eigenvalue weighted by Gasteiger charge is 2.10. The first-order chi connectivity index (χ1) is 6.91. The molecule has 6 N–H and O–H groups in total. The van der Waals surface area contributed by atoms with Gasteiger partial charge in [-0.2, -0.15) is 4.99 Å². The highest BCUT2D eigenvalue weighted by molar-refractivity contribution is 6.39. The van der Waals surface area contributed by atoms with Gasteiger partial charge in [0.05, 0.1) is 15.7 Å². The van der Waals surface area contributed by atoms with Gasteiger partial charge in [-0.1, -0.05) is 23.2 Å². The summed E-state index contributed by atoms with van der Waals surface area (Å²) in [6.07, 6.45) is 0. The number of carbonyl (C=O) groups is 1. The van der Waals surface area contributed by atoms with Gasteiger partial charge in [0, 0.05) is 5.56 Å². The number of hydrogen-bond donors (Lipinski definition) is 3. The van der Waals surface area contributed by atoms with Crippen molar-refractivity contribution in [2.24, 2.45) is 16.5 Å². The van der Waals surface area contributed by atoms with Crippen LogP contribution in [0.4, 0.5) is 5.69 Å². The van der Waals surface area contributed by atoms with Gasteiger partial charge in [0.2, 0.25) is 0 Å². The Morgan fingerprint density at radius 1 is 1.20 bits per heavy atom. The molecule has 1 amide bonds. The standard InChI is InChI=1S/C8H8Cl2N4O/c9-4-1-3(2-5(10)6(4)11)7(15)14-8(12)13/h1-2H,11H2,(H4,12,13,14,15). The zero-order valence-electron chi connectivity index (χ0n) is 7.50. The third kappa shape index (κ3) is 2.74. The molecule has 0 bridgehead atoms. The molecule has 0 saturated heterocycles. The molecule has 0 aliphatic heterocycles. The summed E-state index contributed by atoms with van der Waals surface area (Å²) in [5.41, 5.74) is 16.0. The van der Waals surface area contributed by atoms with Gasteiger partial charge in [0.25, 0.3) is 5.91 Å². The number of guanidine groups is 1. The average Bonchev–Trinajstić information content (AvgIpc) is 2.12. The predicted molar refractivity (Wildman–Crippen MR) is 61.0 cm³/mol. The van der Waals surface area contributed by atoms with Gasteiger partial charge >= 0.3 is 0 Å². The van der Waals surface area contributed by atoms with Crippen LogP contribution in [0.5, 0.6) is 0 Å². The Bertz CT molecular complexity index is 417. The first-order valence-corrected chi connectivity index (χ1v) is 4.56. The van der Waals surface area contributed by atoms with E-state index in [0.29, 0.717) is 0 Å². The highest BCUT2D eigenvalue weighted by Crippen LogP contribution is 2.28. The van der Waals surface area contributed by atoms with E-state index in [2.05, 4.69) is 4.99 Å². The summed E-state index contributed by atoms with van der Waals surface area (Å²) < 4.78 is 0. The van der Waals surface area contributed by atoms with Crippen LogP contribution in [-0.4, -0.2) is 11.9 Å². The van der Waals surface area contributed by atoms with Crippen molar-refractivity contribution in [2.75, 3.05) is 5.73 Å². The average molecular weight is 247 g/mol. The number of rotatable bonds is 1. The van der Waals surface area contributed by atoms with E-state index < -0.39 is 5.91 Å². The lowest BCUT2D eigenvalue weighted by Crippen LogP contribution is -2.24. The molecule has 0 radical (unpaired) electrons. The van der Waals surface area contributed by atoms with Crippen LogP contribution in [0, 0.1) is 0 Å². The fourth-order valence-corrected chi connectivity index (χ4v) is 1.38. The summed E-state index contributed by atoms with van der Waals surface area (Å²) in [7, 11) is 0. The molecule has 0 atom stereocenters. The first-order valence-electron chi connectivity index (χ1n) is 3.80. The van der Waals surface area contributed by atoms with Crippen molar-refractivity contribution in [2.45, 2.75) is 0 Å². The minimum absolute atomic E-state index is 0.174. The number of halogens is 2. The van der Waals surface area contributed by atoms with Crippen molar-refractivity contribution in [3.8, 4) is 0 Å². The third-order valence-corrected chi connectivity index (χ3v) is 2.18. The van der Waals surface area contributed by atoms with Crippen LogP contribution < -0.4 is 17.2 Å². The van der Waals surface area contributed by atoms with Crippen LogP contribution in [-0.2, 0) is 0 Å². The Morgan fingerprint density at radius 3 is 2.07 bits per heavy atom. The van der Waals surface area contributed by atoms with Gasteiger partial charge in [0.15, 0.2) is 5.96 Å². The second kappa shape index (κ2) is 4.37. The SMILES string of the molecule is NC(N)=NC(=O)c1cc(Cl)c(N)c(Cl)c1. The Balaban J connectivity index is 3.18. The second-order valence-corrected chi connectivity index (χ2v) is 3.51. The second-order valence-electron chi connectivity index (χ2n) is 2.70. The molecule has 5 nitrogen and oxygen atoms in total. The van der Waals surface area contributed by atoms with Gasteiger partial charge < -0.3 is 17.2 Å². The number of carbonyl (C=O) groups excluding carboxylic acids is 1. The van der Waals surface area contributed by atoms with Crippen molar-refractivity contribution < 1.29 is 4.79 Å². The van der Waals surface area contributed by atoms with Crippen molar-refractivity contribution in [3.63, 3.8) is 0 Å². The molecule has 0 unspecified atom stereocenters. The van der Waals surface area contributed by atoms with Gasteiger partial charge in [-0.3, -0.25) is 4.79 Å². The molecule has 0 aliphatic rings. The van der Waals surface area contributed by atoms with E-state index in [4.69, 9.17) is 40.4 Å². The molecule has 15 heavy (non-hydrogen) atoms. The van der Waals surface area contributed by atoms with Crippen molar-refractivity contribution in [1.82, 2.24) is 0 Å². The maximum absolute atomic E-state index is 11.4. The molecule has 1 rings (SSSR count). The summed E-state index contributed by atoms with van der Waals surface area (Å²) in [6, 6.07) is 2.69. The van der Waals surface area contributed by atoms with Crippen LogP contribution >= 0.6 is 23.2 Å². The molecule has 0 aromatic heterocycles. The van der Waals surface area contributed by atoms with Gasteiger partial charge in [-0.05, 0) is 12.1 Å². The number of amides is 1. The molecule has 1 aromatic rings. The first kappa shape index (κ1) is 11.6. The lowest BCUT2D eigenvalue weighted by atomic mass is 10.2. The fourth-order valence-electron chi connectivity index (χ4n) is 0.890.